The van der Waals surface area contributed by atoms with Gasteiger partial charge in [0.2, 0.25) is 0 Å². The van der Waals surface area contributed by atoms with Crippen LogP contribution in [-0.2, 0) is 4.79 Å². The zero-order chi connectivity index (χ0) is 16.7. The number of anilines is 1. The maximum atomic E-state index is 12.5. The third kappa shape index (κ3) is 4.79. The summed E-state index contributed by atoms with van der Waals surface area (Å²) in [6.07, 6.45) is 5.10. The Kier molecular flexibility index (Phi) is 6.11. The van der Waals surface area contributed by atoms with Gasteiger partial charge in [0.05, 0.1) is 0 Å². The van der Waals surface area contributed by atoms with Crippen LogP contribution in [0.2, 0.25) is 0 Å². The van der Waals surface area contributed by atoms with E-state index in [0.29, 0.717) is 12.1 Å². The molecule has 1 amide bonds. The van der Waals surface area contributed by atoms with Gasteiger partial charge in [0.1, 0.15) is 0 Å². The molecule has 0 saturated carbocycles. The second-order valence-electron chi connectivity index (χ2n) is 4.90. The predicted octanol–water partition coefficient (Wildman–Crippen LogP) is 3.51. The first-order valence-electron chi connectivity index (χ1n) is 7.17. The number of carbonyl (C=O) groups excluding carboxylic acids is 1. The smallest absolute Gasteiger partial charge is 0.251 e. The molecule has 0 radical (unpaired) electrons. The van der Waals surface area contributed by atoms with Crippen LogP contribution < -0.4 is 4.90 Å². The first-order valence-corrected chi connectivity index (χ1v) is 8.56. The molecule has 0 unspecified atom stereocenters. The van der Waals surface area contributed by atoms with Crippen LogP contribution in [0.5, 0.6) is 11.5 Å². The number of benzene rings is 2. The zero-order valence-electron chi connectivity index (χ0n) is 12.8. The number of phenolic OH excluding ortho intramolecular Hbond substituents is 2. The monoisotopic (exact) mass is 329 g/mol. The van der Waals surface area contributed by atoms with Crippen molar-refractivity contribution >= 4 is 29.4 Å². The standard InChI is InChI=1S/C18H19NO3S/c1-23-12-11-19(15-5-3-2-4-6-15)18(22)10-8-14-7-9-16(20)17(21)13-14/h2-10,13,20-21H,11-12H2,1H3/b10-8+. The number of hydrogen-bond acceptors (Lipinski definition) is 4. The molecule has 0 heterocycles. The van der Waals surface area contributed by atoms with Crippen LogP contribution in [0.25, 0.3) is 6.08 Å². The molecule has 2 rings (SSSR count). The largest absolute Gasteiger partial charge is 0.504 e. The van der Waals surface area contributed by atoms with E-state index >= 15 is 0 Å². The first kappa shape index (κ1) is 17.0. The van der Waals surface area contributed by atoms with E-state index < -0.39 is 0 Å². The minimum atomic E-state index is -0.207. The van der Waals surface area contributed by atoms with Crippen molar-refractivity contribution in [2.75, 3.05) is 23.5 Å². The molecule has 0 atom stereocenters. The van der Waals surface area contributed by atoms with Gasteiger partial charge in [0.15, 0.2) is 11.5 Å². The number of para-hydroxylation sites is 1. The number of hydrogen-bond donors (Lipinski definition) is 2. The summed E-state index contributed by atoms with van der Waals surface area (Å²) in [7, 11) is 0. The second kappa shape index (κ2) is 8.29. The Morgan fingerprint density at radius 2 is 1.87 bits per heavy atom. The van der Waals surface area contributed by atoms with Crippen LogP contribution in [0.3, 0.4) is 0 Å². The summed E-state index contributed by atoms with van der Waals surface area (Å²) >= 11 is 1.68. The molecule has 0 aromatic heterocycles. The third-order valence-electron chi connectivity index (χ3n) is 3.27. The number of aromatic hydroxyl groups is 2. The summed E-state index contributed by atoms with van der Waals surface area (Å²) in [6.45, 7) is 0.620. The normalized spacial score (nSPS) is 10.8. The first-order chi connectivity index (χ1) is 11.1. The van der Waals surface area contributed by atoms with E-state index in [2.05, 4.69) is 0 Å². The molecule has 2 aromatic carbocycles. The van der Waals surface area contributed by atoms with Crippen molar-refractivity contribution < 1.29 is 15.0 Å². The van der Waals surface area contributed by atoms with E-state index in [0.717, 1.165) is 11.4 Å². The van der Waals surface area contributed by atoms with Gasteiger partial charge in [-0.15, -0.1) is 0 Å². The Labute approximate surface area is 140 Å². The second-order valence-corrected chi connectivity index (χ2v) is 5.89. The van der Waals surface area contributed by atoms with Crippen molar-refractivity contribution in [3.05, 3.63) is 60.2 Å². The van der Waals surface area contributed by atoms with Gasteiger partial charge in [0.25, 0.3) is 5.91 Å². The summed E-state index contributed by atoms with van der Waals surface area (Å²) in [6, 6.07) is 13.9. The lowest BCUT2D eigenvalue weighted by Gasteiger charge is -2.21. The fourth-order valence-electron chi connectivity index (χ4n) is 2.06. The van der Waals surface area contributed by atoms with Crippen molar-refractivity contribution in [2.45, 2.75) is 0 Å². The number of carbonyl (C=O) groups is 1. The molecule has 2 aromatic rings. The molecule has 0 fully saturated rings. The average Bonchev–Trinajstić information content (AvgIpc) is 2.57. The van der Waals surface area contributed by atoms with Gasteiger partial charge in [-0.2, -0.15) is 11.8 Å². The maximum Gasteiger partial charge on any atom is 0.251 e. The highest BCUT2D eigenvalue weighted by Gasteiger charge is 2.12. The molecule has 0 saturated heterocycles. The van der Waals surface area contributed by atoms with E-state index in [1.54, 1.807) is 28.8 Å². The third-order valence-corrected chi connectivity index (χ3v) is 3.86. The molecule has 0 aliphatic heterocycles. The number of thioether (sulfide) groups is 1. The van der Waals surface area contributed by atoms with Crippen molar-refractivity contribution in [1.82, 2.24) is 0 Å². The van der Waals surface area contributed by atoms with E-state index in [4.69, 9.17) is 0 Å². The Balaban J connectivity index is 2.16. The fraction of sp³-hybridized carbons (Fsp3) is 0.167. The molecule has 4 nitrogen and oxygen atoms in total. The highest BCUT2D eigenvalue weighted by atomic mass is 32.2. The van der Waals surface area contributed by atoms with E-state index in [1.165, 1.54) is 18.2 Å². The molecule has 0 bridgehead atoms. The van der Waals surface area contributed by atoms with Gasteiger partial charge in [-0.1, -0.05) is 24.3 Å². The summed E-state index contributed by atoms with van der Waals surface area (Å²) < 4.78 is 0. The summed E-state index contributed by atoms with van der Waals surface area (Å²) in [5, 5.41) is 18.8. The number of nitrogens with zero attached hydrogens (tertiary/aromatic N) is 1. The van der Waals surface area contributed by atoms with Gasteiger partial charge >= 0.3 is 0 Å². The van der Waals surface area contributed by atoms with Gasteiger partial charge in [0, 0.05) is 24.1 Å². The molecule has 0 aliphatic carbocycles. The quantitative estimate of drug-likeness (QED) is 0.629. The number of amides is 1. The lowest BCUT2D eigenvalue weighted by Crippen LogP contribution is -2.31. The Bertz CT molecular complexity index is 686. The van der Waals surface area contributed by atoms with Gasteiger partial charge in [-0.3, -0.25) is 4.79 Å². The molecule has 2 N–H and O–H groups in total. The SMILES string of the molecule is CSCCN(C(=O)/C=C/c1ccc(O)c(O)c1)c1ccccc1. The summed E-state index contributed by atoms with van der Waals surface area (Å²) in [5.41, 5.74) is 1.50. The van der Waals surface area contributed by atoms with Crippen molar-refractivity contribution in [1.29, 1.82) is 0 Å². The molecular formula is C18H19NO3S. The van der Waals surface area contributed by atoms with Crippen LogP contribution in [0.1, 0.15) is 5.56 Å². The highest BCUT2D eigenvalue weighted by Crippen LogP contribution is 2.25. The zero-order valence-corrected chi connectivity index (χ0v) is 13.7. The fourth-order valence-corrected chi connectivity index (χ4v) is 2.42. The molecule has 0 spiro atoms. The molecule has 23 heavy (non-hydrogen) atoms. The minimum absolute atomic E-state index is 0.127. The van der Waals surface area contributed by atoms with Crippen LogP contribution in [0.15, 0.2) is 54.6 Å². The van der Waals surface area contributed by atoms with Gasteiger partial charge in [-0.25, -0.2) is 0 Å². The molecule has 5 heteroatoms. The maximum absolute atomic E-state index is 12.5. The lowest BCUT2D eigenvalue weighted by atomic mass is 10.2. The van der Waals surface area contributed by atoms with Crippen molar-refractivity contribution in [3.63, 3.8) is 0 Å². The van der Waals surface area contributed by atoms with E-state index in [9.17, 15) is 15.0 Å². The van der Waals surface area contributed by atoms with Gasteiger partial charge in [-0.05, 0) is 42.2 Å². The summed E-state index contributed by atoms with van der Waals surface area (Å²) in [5.74, 6) is 0.327. The van der Waals surface area contributed by atoms with E-state index in [1.807, 2.05) is 36.6 Å². The van der Waals surface area contributed by atoms with Crippen LogP contribution in [0.4, 0.5) is 5.69 Å². The topological polar surface area (TPSA) is 60.8 Å². The van der Waals surface area contributed by atoms with E-state index in [-0.39, 0.29) is 17.4 Å². The molecular weight excluding hydrogens is 310 g/mol. The van der Waals surface area contributed by atoms with Crippen LogP contribution >= 0.6 is 11.8 Å². The molecule has 120 valence electrons. The predicted molar refractivity (Wildman–Crippen MR) is 96.0 cm³/mol. The van der Waals surface area contributed by atoms with Crippen LogP contribution in [-0.4, -0.2) is 34.7 Å². The highest BCUT2D eigenvalue weighted by molar-refractivity contribution is 7.98. The summed E-state index contributed by atoms with van der Waals surface area (Å²) in [4.78, 5) is 14.2. The van der Waals surface area contributed by atoms with Crippen molar-refractivity contribution in [3.8, 4) is 11.5 Å². The van der Waals surface area contributed by atoms with Crippen molar-refractivity contribution in [2.24, 2.45) is 0 Å². The Hall–Kier alpha value is -2.40. The minimum Gasteiger partial charge on any atom is -0.504 e. The number of rotatable bonds is 6. The van der Waals surface area contributed by atoms with Gasteiger partial charge < -0.3 is 15.1 Å². The molecule has 0 aliphatic rings. The van der Waals surface area contributed by atoms with Crippen LogP contribution in [0, 0.1) is 0 Å². The number of phenols is 2. The Morgan fingerprint density at radius 3 is 2.52 bits per heavy atom. The lowest BCUT2D eigenvalue weighted by molar-refractivity contribution is -0.114. The Morgan fingerprint density at radius 1 is 1.13 bits per heavy atom. The average molecular weight is 329 g/mol.